The predicted molar refractivity (Wildman–Crippen MR) is 68.7 cm³/mol. The lowest BCUT2D eigenvalue weighted by atomic mass is 9.98. The summed E-state index contributed by atoms with van der Waals surface area (Å²) in [5.74, 6) is 0.627. The van der Waals surface area contributed by atoms with Gasteiger partial charge in [-0.2, -0.15) is 0 Å². The first-order valence-electron chi connectivity index (χ1n) is 6.14. The molecule has 4 nitrogen and oxygen atoms in total. The van der Waals surface area contributed by atoms with Crippen LogP contribution in [0.4, 0.5) is 4.79 Å². The highest BCUT2D eigenvalue weighted by Gasteiger charge is 2.19. The van der Waals surface area contributed by atoms with Crippen molar-refractivity contribution in [3.8, 4) is 0 Å². The number of nitrogens with one attached hydrogen (secondary N) is 1. The van der Waals surface area contributed by atoms with Crippen LogP contribution in [-0.4, -0.2) is 36.7 Å². The normalized spacial score (nSPS) is 23.6. The molecular weight excluding hydrogens is 216 g/mol. The largest absolute Gasteiger partial charge is 0.443 e. The molecule has 0 aromatic rings. The molecule has 0 radical (unpaired) electrons. The molecule has 0 saturated carbocycles. The van der Waals surface area contributed by atoms with Gasteiger partial charge < -0.3 is 10.1 Å². The third-order valence-electron chi connectivity index (χ3n) is 2.51. The zero-order chi connectivity index (χ0) is 13.1. The van der Waals surface area contributed by atoms with Crippen molar-refractivity contribution < 1.29 is 9.53 Å². The summed E-state index contributed by atoms with van der Waals surface area (Å²) in [6.45, 7) is 9.72. The third kappa shape index (κ3) is 5.22. The van der Waals surface area contributed by atoms with Gasteiger partial charge in [0, 0.05) is 19.8 Å². The van der Waals surface area contributed by atoms with Crippen LogP contribution in [0.25, 0.3) is 0 Å². The second kappa shape index (κ2) is 5.54. The molecule has 1 amide bonds. The van der Waals surface area contributed by atoms with Gasteiger partial charge in [-0.25, -0.2) is 4.79 Å². The molecule has 1 rings (SSSR count). The standard InChI is InChI=1S/C13H24N2O2/c1-10-6-11(8-14-7-10)9-15(5)12(16)17-13(2,3)4/h9-10,14H,6-8H2,1-5H3/b11-9+/t10-/m1/s1. The monoisotopic (exact) mass is 240 g/mol. The Morgan fingerprint density at radius 1 is 1.53 bits per heavy atom. The zero-order valence-electron chi connectivity index (χ0n) is 11.5. The zero-order valence-corrected chi connectivity index (χ0v) is 11.5. The second-order valence-corrected chi connectivity index (χ2v) is 5.82. The minimum Gasteiger partial charge on any atom is -0.443 e. The van der Waals surface area contributed by atoms with Crippen molar-refractivity contribution in [2.24, 2.45) is 5.92 Å². The Kier molecular flexibility index (Phi) is 4.57. The number of ether oxygens (including phenoxy) is 1. The minimum absolute atomic E-state index is 0.303. The summed E-state index contributed by atoms with van der Waals surface area (Å²) in [5.41, 5.74) is 0.805. The Hall–Kier alpha value is -1.03. The van der Waals surface area contributed by atoms with Crippen molar-refractivity contribution in [2.75, 3.05) is 20.1 Å². The van der Waals surface area contributed by atoms with Crippen molar-refractivity contribution >= 4 is 6.09 Å². The Balaban J connectivity index is 2.55. The second-order valence-electron chi connectivity index (χ2n) is 5.82. The highest BCUT2D eigenvalue weighted by atomic mass is 16.6. The molecule has 1 N–H and O–H groups in total. The molecule has 0 aliphatic carbocycles. The van der Waals surface area contributed by atoms with Gasteiger partial charge in [-0.3, -0.25) is 4.90 Å². The summed E-state index contributed by atoms with van der Waals surface area (Å²) in [5, 5.41) is 3.33. The maximum Gasteiger partial charge on any atom is 0.414 e. The van der Waals surface area contributed by atoms with E-state index in [9.17, 15) is 4.79 Å². The van der Waals surface area contributed by atoms with Crippen LogP contribution < -0.4 is 5.32 Å². The van der Waals surface area contributed by atoms with Gasteiger partial charge in [0.05, 0.1) is 0 Å². The Morgan fingerprint density at radius 3 is 2.71 bits per heavy atom. The van der Waals surface area contributed by atoms with Gasteiger partial charge in [0.25, 0.3) is 0 Å². The van der Waals surface area contributed by atoms with Crippen molar-refractivity contribution in [3.63, 3.8) is 0 Å². The maximum atomic E-state index is 11.8. The van der Waals surface area contributed by atoms with Gasteiger partial charge in [-0.05, 0) is 45.2 Å². The molecule has 1 atom stereocenters. The van der Waals surface area contributed by atoms with Crippen LogP contribution in [0, 0.1) is 5.92 Å². The molecule has 98 valence electrons. The number of hydrogen-bond acceptors (Lipinski definition) is 3. The van der Waals surface area contributed by atoms with Crippen molar-refractivity contribution in [3.05, 3.63) is 11.8 Å². The molecule has 1 fully saturated rings. The summed E-state index contributed by atoms with van der Waals surface area (Å²) in [6.07, 6.45) is 2.62. The van der Waals surface area contributed by atoms with Crippen LogP contribution >= 0.6 is 0 Å². The van der Waals surface area contributed by atoms with Gasteiger partial charge >= 0.3 is 6.09 Å². The molecule has 1 saturated heterocycles. The van der Waals surface area contributed by atoms with Crippen LogP contribution in [0.3, 0.4) is 0 Å². The van der Waals surface area contributed by atoms with E-state index in [0.29, 0.717) is 5.92 Å². The van der Waals surface area contributed by atoms with Crippen molar-refractivity contribution in [1.82, 2.24) is 10.2 Å². The molecule has 17 heavy (non-hydrogen) atoms. The molecule has 4 heteroatoms. The van der Waals surface area contributed by atoms with E-state index >= 15 is 0 Å². The average molecular weight is 240 g/mol. The molecule has 1 aliphatic rings. The van der Waals surface area contributed by atoms with E-state index < -0.39 is 5.60 Å². The van der Waals surface area contributed by atoms with Gasteiger partial charge in [-0.15, -0.1) is 0 Å². The first-order valence-corrected chi connectivity index (χ1v) is 6.14. The molecular formula is C13H24N2O2. The number of hydrogen-bond donors (Lipinski definition) is 1. The van der Waals surface area contributed by atoms with Gasteiger partial charge in [0.2, 0.25) is 0 Å². The topological polar surface area (TPSA) is 41.6 Å². The summed E-state index contributed by atoms with van der Waals surface area (Å²) >= 11 is 0. The number of rotatable bonds is 1. The van der Waals surface area contributed by atoms with Crippen LogP contribution in [-0.2, 0) is 4.74 Å². The fourth-order valence-electron chi connectivity index (χ4n) is 1.83. The summed E-state index contributed by atoms with van der Waals surface area (Å²) < 4.78 is 5.29. The highest BCUT2D eigenvalue weighted by Crippen LogP contribution is 2.16. The van der Waals surface area contributed by atoms with Gasteiger partial charge in [0.1, 0.15) is 5.60 Å². The first kappa shape index (κ1) is 14.0. The minimum atomic E-state index is -0.443. The molecule has 0 aromatic heterocycles. The molecule has 0 bridgehead atoms. The van der Waals surface area contributed by atoms with Crippen LogP contribution in [0.15, 0.2) is 11.8 Å². The van der Waals surface area contributed by atoms with E-state index in [1.165, 1.54) is 10.5 Å². The van der Waals surface area contributed by atoms with E-state index in [0.717, 1.165) is 19.5 Å². The number of carbonyl (C=O) groups excluding carboxylic acids is 1. The summed E-state index contributed by atoms with van der Waals surface area (Å²) in [6, 6.07) is 0. The van der Waals surface area contributed by atoms with E-state index in [-0.39, 0.29) is 6.09 Å². The van der Waals surface area contributed by atoms with Crippen LogP contribution in [0.1, 0.15) is 34.1 Å². The average Bonchev–Trinajstić information content (AvgIpc) is 2.14. The smallest absolute Gasteiger partial charge is 0.414 e. The molecule has 0 aromatic carbocycles. The number of carbonyl (C=O) groups is 1. The molecule has 0 spiro atoms. The summed E-state index contributed by atoms with van der Waals surface area (Å²) in [4.78, 5) is 13.3. The third-order valence-corrected chi connectivity index (χ3v) is 2.51. The van der Waals surface area contributed by atoms with E-state index in [4.69, 9.17) is 4.74 Å². The molecule has 0 unspecified atom stereocenters. The fourth-order valence-corrected chi connectivity index (χ4v) is 1.83. The Labute approximate surface area is 104 Å². The van der Waals surface area contributed by atoms with E-state index in [2.05, 4.69) is 12.2 Å². The van der Waals surface area contributed by atoms with Crippen molar-refractivity contribution in [2.45, 2.75) is 39.7 Å². The molecule has 1 heterocycles. The Bertz CT molecular complexity index is 305. The maximum absolute atomic E-state index is 11.8. The lowest BCUT2D eigenvalue weighted by Crippen LogP contribution is -2.34. The number of nitrogens with zero attached hydrogens (tertiary/aromatic N) is 1. The molecule has 1 aliphatic heterocycles. The van der Waals surface area contributed by atoms with Crippen LogP contribution in [0.2, 0.25) is 0 Å². The lowest BCUT2D eigenvalue weighted by molar-refractivity contribution is 0.0370. The number of piperidine rings is 1. The fraction of sp³-hybridized carbons (Fsp3) is 0.769. The number of amides is 1. The lowest BCUT2D eigenvalue weighted by Gasteiger charge is -2.26. The quantitative estimate of drug-likeness (QED) is 0.765. The summed E-state index contributed by atoms with van der Waals surface area (Å²) in [7, 11) is 1.74. The van der Waals surface area contributed by atoms with E-state index in [1.807, 2.05) is 27.0 Å². The van der Waals surface area contributed by atoms with Gasteiger partial charge in [-0.1, -0.05) is 6.92 Å². The van der Waals surface area contributed by atoms with Crippen molar-refractivity contribution in [1.29, 1.82) is 0 Å². The Morgan fingerprint density at radius 2 is 2.18 bits per heavy atom. The van der Waals surface area contributed by atoms with Gasteiger partial charge in [0.15, 0.2) is 0 Å². The highest BCUT2D eigenvalue weighted by molar-refractivity contribution is 5.69. The predicted octanol–water partition coefficient (Wildman–Crippen LogP) is 2.37. The SMILES string of the molecule is C[C@H]1CNC/C(=C/N(C)C(=O)OC(C)(C)C)C1. The van der Waals surface area contributed by atoms with E-state index in [1.54, 1.807) is 7.05 Å². The van der Waals surface area contributed by atoms with Crippen LogP contribution in [0.5, 0.6) is 0 Å². The first-order chi connectivity index (χ1) is 7.78.